The van der Waals surface area contributed by atoms with Gasteiger partial charge in [0, 0.05) is 44.3 Å². The highest BCUT2D eigenvalue weighted by Crippen LogP contribution is 2.23. The molecule has 1 amide bonds. The quantitative estimate of drug-likeness (QED) is 0.809. The van der Waals surface area contributed by atoms with E-state index in [1.165, 1.54) is 16.8 Å². The van der Waals surface area contributed by atoms with Crippen LogP contribution in [0.5, 0.6) is 0 Å². The zero-order valence-electron chi connectivity index (χ0n) is 12.6. The van der Waals surface area contributed by atoms with Gasteiger partial charge < -0.3 is 19.7 Å². The fourth-order valence-electron chi connectivity index (χ4n) is 2.64. The highest BCUT2D eigenvalue weighted by molar-refractivity contribution is 5.80. The van der Waals surface area contributed by atoms with E-state index in [-0.39, 0.29) is 18.7 Å². The van der Waals surface area contributed by atoms with Gasteiger partial charge in [0.05, 0.1) is 0 Å². The van der Waals surface area contributed by atoms with E-state index in [2.05, 4.69) is 36.9 Å². The highest BCUT2D eigenvalue weighted by atomic mass is 16.4. The van der Waals surface area contributed by atoms with Crippen LogP contribution in [0, 0.1) is 13.8 Å². The van der Waals surface area contributed by atoms with Crippen molar-refractivity contribution in [2.24, 2.45) is 0 Å². The zero-order valence-corrected chi connectivity index (χ0v) is 12.6. The van der Waals surface area contributed by atoms with Crippen molar-refractivity contribution in [3.8, 4) is 0 Å². The van der Waals surface area contributed by atoms with Crippen LogP contribution >= 0.6 is 0 Å². The van der Waals surface area contributed by atoms with Gasteiger partial charge in [0.15, 0.2) is 0 Å². The molecule has 1 heterocycles. The maximum Gasteiger partial charge on any atom is 0.223 e. The molecule has 21 heavy (non-hydrogen) atoms. The standard InChI is InChI=1S/C16H22N2O3/c1-12-4-3-5-14(13(12)2)17-8-10-18(11-9-17)15(19)6-7-16(20)21/h3-5H,6-11H2,1-2H3,(H,20,21)/p-1. The molecule has 114 valence electrons. The van der Waals surface area contributed by atoms with Crippen LogP contribution in [-0.4, -0.2) is 43.0 Å². The molecule has 1 aliphatic heterocycles. The van der Waals surface area contributed by atoms with E-state index in [0.29, 0.717) is 13.1 Å². The summed E-state index contributed by atoms with van der Waals surface area (Å²) in [7, 11) is 0. The fourth-order valence-corrected chi connectivity index (χ4v) is 2.64. The largest absolute Gasteiger partial charge is 0.550 e. The molecule has 0 bridgehead atoms. The number of nitrogens with zero attached hydrogens (tertiary/aromatic N) is 2. The molecule has 0 saturated carbocycles. The van der Waals surface area contributed by atoms with Crippen LogP contribution in [0.3, 0.4) is 0 Å². The van der Waals surface area contributed by atoms with E-state index >= 15 is 0 Å². The van der Waals surface area contributed by atoms with Crippen LogP contribution in [0.2, 0.25) is 0 Å². The number of aryl methyl sites for hydroxylation is 1. The molecule has 2 rings (SSSR count). The number of rotatable bonds is 4. The molecule has 1 aromatic rings. The third-order valence-corrected chi connectivity index (χ3v) is 4.09. The van der Waals surface area contributed by atoms with Crippen molar-refractivity contribution < 1.29 is 14.7 Å². The van der Waals surface area contributed by atoms with Gasteiger partial charge in [0.1, 0.15) is 0 Å². The van der Waals surface area contributed by atoms with Crippen molar-refractivity contribution >= 4 is 17.6 Å². The lowest BCUT2D eigenvalue weighted by molar-refractivity contribution is -0.305. The average molecular weight is 289 g/mol. The van der Waals surface area contributed by atoms with E-state index in [9.17, 15) is 14.7 Å². The Morgan fingerprint density at radius 3 is 2.38 bits per heavy atom. The first kappa shape index (κ1) is 15.4. The number of aliphatic carboxylic acids is 1. The molecule has 1 aromatic carbocycles. The van der Waals surface area contributed by atoms with Crippen molar-refractivity contribution in [3.05, 3.63) is 29.3 Å². The summed E-state index contributed by atoms with van der Waals surface area (Å²) in [5.41, 5.74) is 3.76. The zero-order chi connectivity index (χ0) is 15.4. The van der Waals surface area contributed by atoms with Gasteiger partial charge in [-0.05, 0) is 37.5 Å². The Morgan fingerprint density at radius 2 is 1.76 bits per heavy atom. The third-order valence-electron chi connectivity index (χ3n) is 4.09. The second-order valence-corrected chi connectivity index (χ2v) is 5.46. The first-order valence-electron chi connectivity index (χ1n) is 7.28. The number of piperazine rings is 1. The van der Waals surface area contributed by atoms with Crippen LogP contribution in [0.15, 0.2) is 18.2 Å². The first-order valence-corrected chi connectivity index (χ1v) is 7.28. The molecule has 0 aromatic heterocycles. The number of amides is 1. The normalized spacial score (nSPS) is 15.1. The summed E-state index contributed by atoms with van der Waals surface area (Å²) in [4.78, 5) is 26.3. The van der Waals surface area contributed by atoms with Crippen molar-refractivity contribution in [2.45, 2.75) is 26.7 Å². The molecule has 0 radical (unpaired) electrons. The van der Waals surface area contributed by atoms with E-state index < -0.39 is 5.97 Å². The van der Waals surface area contributed by atoms with Gasteiger partial charge in [-0.3, -0.25) is 4.79 Å². The predicted octanol–water partition coefficient (Wildman–Crippen LogP) is 0.482. The van der Waals surface area contributed by atoms with Gasteiger partial charge in [0.2, 0.25) is 5.91 Å². The molecule has 1 aliphatic rings. The monoisotopic (exact) mass is 289 g/mol. The van der Waals surface area contributed by atoms with Crippen molar-refractivity contribution in [1.82, 2.24) is 4.90 Å². The van der Waals surface area contributed by atoms with E-state index in [1.54, 1.807) is 4.90 Å². The number of carboxylic acids is 1. The Kier molecular flexibility index (Phi) is 4.83. The molecule has 5 nitrogen and oxygen atoms in total. The molecule has 1 fully saturated rings. The molecule has 0 spiro atoms. The fraction of sp³-hybridized carbons (Fsp3) is 0.500. The summed E-state index contributed by atoms with van der Waals surface area (Å²) in [5, 5.41) is 10.4. The third kappa shape index (κ3) is 3.74. The number of carbonyl (C=O) groups excluding carboxylic acids is 2. The van der Waals surface area contributed by atoms with Crippen molar-refractivity contribution in [1.29, 1.82) is 0 Å². The van der Waals surface area contributed by atoms with Crippen LogP contribution in [0.25, 0.3) is 0 Å². The minimum absolute atomic E-state index is 0.0335. The predicted molar refractivity (Wildman–Crippen MR) is 79.0 cm³/mol. The van der Waals surface area contributed by atoms with Gasteiger partial charge >= 0.3 is 0 Å². The number of hydrogen-bond donors (Lipinski definition) is 0. The van der Waals surface area contributed by atoms with E-state index in [4.69, 9.17) is 0 Å². The van der Waals surface area contributed by atoms with Gasteiger partial charge in [-0.1, -0.05) is 12.1 Å². The Labute approximate surface area is 125 Å². The first-order chi connectivity index (χ1) is 9.99. The highest BCUT2D eigenvalue weighted by Gasteiger charge is 2.21. The van der Waals surface area contributed by atoms with Gasteiger partial charge in [-0.15, -0.1) is 0 Å². The molecule has 5 heteroatoms. The number of carboxylic acid groups (broad SMARTS) is 1. The summed E-state index contributed by atoms with van der Waals surface area (Å²) >= 11 is 0. The Balaban J connectivity index is 1.92. The lowest BCUT2D eigenvalue weighted by atomic mass is 10.1. The molecule has 0 atom stereocenters. The van der Waals surface area contributed by atoms with Gasteiger partial charge in [0.25, 0.3) is 0 Å². The maximum atomic E-state index is 11.9. The van der Waals surface area contributed by atoms with Crippen LogP contribution in [-0.2, 0) is 9.59 Å². The topological polar surface area (TPSA) is 63.7 Å². The minimum Gasteiger partial charge on any atom is -0.550 e. The SMILES string of the molecule is Cc1cccc(N2CCN(C(=O)CCC(=O)[O-])CC2)c1C. The maximum absolute atomic E-state index is 11.9. The summed E-state index contributed by atoms with van der Waals surface area (Å²) in [5.74, 6) is -1.27. The smallest absolute Gasteiger partial charge is 0.223 e. The second-order valence-electron chi connectivity index (χ2n) is 5.46. The Hall–Kier alpha value is -2.04. The van der Waals surface area contributed by atoms with Crippen LogP contribution in [0.4, 0.5) is 5.69 Å². The molecule has 1 saturated heterocycles. The summed E-state index contributed by atoms with van der Waals surface area (Å²) < 4.78 is 0. The number of carbonyl (C=O) groups is 2. The van der Waals surface area contributed by atoms with Crippen molar-refractivity contribution in [3.63, 3.8) is 0 Å². The summed E-state index contributed by atoms with van der Waals surface area (Å²) in [6, 6.07) is 6.25. The second kappa shape index (κ2) is 6.61. The van der Waals surface area contributed by atoms with Gasteiger partial charge in [-0.25, -0.2) is 0 Å². The van der Waals surface area contributed by atoms with Gasteiger partial charge in [-0.2, -0.15) is 0 Å². The lowest BCUT2D eigenvalue weighted by Crippen LogP contribution is -2.49. The lowest BCUT2D eigenvalue weighted by Gasteiger charge is -2.37. The minimum atomic E-state index is -1.17. The summed E-state index contributed by atoms with van der Waals surface area (Å²) in [6.45, 7) is 7.04. The molecule has 0 unspecified atom stereocenters. The van der Waals surface area contributed by atoms with Crippen LogP contribution < -0.4 is 10.0 Å². The average Bonchev–Trinajstić information content (AvgIpc) is 2.48. The van der Waals surface area contributed by atoms with E-state index in [0.717, 1.165) is 13.1 Å². The number of hydrogen-bond acceptors (Lipinski definition) is 4. The number of benzene rings is 1. The van der Waals surface area contributed by atoms with E-state index in [1.807, 2.05) is 0 Å². The summed E-state index contributed by atoms with van der Waals surface area (Å²) in [6.07, 6.45) is -0.165. The van der Waals surface area contributed by atoms with Crippen LogP contribution in [0.1, 0.15) is 24.0 Å². The Bertz CT molecular complexity index is 534. The molecule has 0 N–H and O–H groups in total. The number of anilines is 1. The molecule has 0 aliphatic carbocycles. The molecular weight excluding hydrogens is 268 g/mol. The van der Waals surface area contributed by atoms with Crippen molar-refractivity contribution in [2.75, 3.05) is 31.1 Å². The Morgan fingerprint density at radius 1 is 1.10 bits per heavy atom. The molecular formula is C16H21N2O3-.